The molecular weight excluding hydrogens is 442 g/mol. The van der Waals surface area contributed by atoms with Gasteiger partial charge in [-0.3, -0.25) is 0 Å². The van der Waals surface area contributed by atoms with Crippen molar-refractivity contribution in [2.75, 3.05) is 0 Å². The van der Waals surface area contributed by atoms with Crippen molar-refractivity contribution in [3.8, 4) is 17.2 Å². The maximum absolute atomic E-state index is 9.49. The van der Waals surface area contributed by atoms with Crippen molar-refractivity contribution in [1.82, 2.24) is 0 Å². The fraction of sp³-hybridized carbons (Fsp3) is 0.0357. The van der Waals surface area contributed by atoms with Crippen LogP contribution in [0.25, 0.3) is 0 Å². The molecule has 7 nitrogen and oxygen atoms in total. The summed E-state index contributed by atoms with van der Waals surface area (Å²) in [4.78, 5) is 16.2. The topological polar surface area (TPSA) is 85.0 Å². The molecule has 0 aliphatic rings. The Labute approximate surface area is 203 Å². The molecule has 0 aliphatic carbocycles. The Morgan fingerprint density at radius 3 is 1.71 bits per heavy atom. The van der Waals surface area contributed by atoms with Gasteiger partial charge >= 0.3 is 0 Å². The molecule has 0 aliphatic heterocycles. The lowest BCUT2D eigenvalue weighted by molar-refractivity contribution is 0.132. The van der Waals surface area contributed by atoms with Gasteiger partial charge in [-0.15, -0.1) is 0 Å². The number of phenolic OH excluding ortho intramolecular Hbond substituents is 1. The van der Waals surface area contributed by atoms with E-state index in [9.17, 15) is 5.11 Å². The van der Waals surface area contributed by atoms with Crippen LogP contribution in [0.2, 0.25) is 0 Å². The van der Waals surface area contributed by atoms with Gasteiger partial charge in [-0.25, -0.2) is 0 Å². The fourth-order valence-corrected chi connectivity index (χ4v) is 2.99. The first-order valence-corrected chi connectivity index (χ1v) is 10.8. The Hall–Kier alpha value is -4.91. The van der Waals surface area contributed by atoms with E-state index in [1.54, 1.807) is 48.8 Å². The Morgan fingerprint density at radius 1 is 0.571 bits per heavy atom. The minimum absolute atomic E-state index is 0.168. The normalized spacial score (nSPS) is 11.3. The van der Waals surface area contributed by atoms with Crippen LogP contribution in [-0.2, 0) is 11.4 Å². The summed E-state index contributed by atoms with van der Waals surface area (Å²) in [7, 11) is 0. The van der Waals surface area contributed by atoms with E-state index in [1.807, 2.05) is 66.7 Å². The van der Waals surface area contributed by atoms with Crippen LogP contribution in [0.15, 0.2) is 119 Å². The Morgan fingerprint density at radius 2 is 1.11 bits per heavy atom. The highest BCUT2D eigenvalue weighted by Crippen LogP contribution is 2.15. The molecule has 0 unspecified atom stereocenters. The van der Waals surface area contributed by atoms with Gasteiger partial charge in [-0.05, 0) is 58.7 Å². The summed E-state index contributed by atoms with van der Waals surface area (Å²) < 4.78 is 0. The van der Waals surface area contributed by atoms with E-state index in [2.05, 4.69) is 15.5 Å². The largest absolute Gasteiger partial charge is 0.508 e. The summed E-state index contributed by atoms with van der Waals surface area (Å²) in [6.07, 6.45) is 4.72. The molecule has 0 radical (unpaired) electrons. The van der Waals surface area contributed by atoms with Crippen LogP contribution in [0.4, 0.5) is 0 Å². The molecule has 1 N–H and O–H groups in total. The Bertz CT molecular complexity index is 1320. The van der Waals surface area contributed by atoms with Gasteiger partial charge in [0.2, 0.25) is 0 Å². The van der Waals surface area contributed by atoms with E-state index in [4.69, 9.17) is 14.5 Å². The number of oxime groups is 3. The second-order valence-corrected chi connectivity index (χ2v) is 7.39. The first-order chi connectivity index (χ1) is 17.2. The van der Waals surface area contributed by atoms with Gasteiger partial charge in [0.05, 0.1) is 18.6 Å². The third-order valence-electron chi connectivity index (χ3n) is 4.66. The van der Waals surface area contributed by atoms with E-state index >= 15 is 0 Å². The van der Waals surface area contributed by atoms with E-state index in [-0.39, 0.29) is 5.75 Å². The molecule has 4 rings (SSSR count). The molecular formula is C28H23N3O4. The van der Waals surface area contributed by atoms with Gasteiger partial charge in [0, 0.05) is 0 Å². The first kappa shape index (κ1) is 23.3. The molecule has 174 valence electrons. The van der Waals surface area contributed by atoms with Crippen molar-refractivity contribution < 1.29 is 19.6 Å². The van der Waals surface area contributed by atoms with Crippen molar-refractivity contribution in [3.05, 3.63) is 125 Å². The number of rotatable bonds is 10. The predicted molar refractivity (Wildman–Crippen MR) is 136 cm³/mol. The number of benzene rings is 4. The molecule has 4 aromatic rings. The van der Waals surface area contributed by atoms with E-state index in [0.29, 0.717) is 18.1 Å². The van der Waals surface area contributed by atoms with Crippen LogP contribution in [0.1, 0.15) is 22.3 Å². The molecule has 0 saturated heterocycles. The maximum atomic E-state index is 9.49. The molecule has 0 bridgehead atoms. The van der Waals surface area contributed by atoms with Crippen LogP contribution in [0.5, 0.6) is 17.2 Å². The minimum Gasteiger partial charge on any atom is -0.508 e. The highest BCUT2D eigenvalue weighted by atomic mass is 16.6. The van der Waals surface area contributed by atoms with Crippen molar-refractivity contribution >= 4 is 18.6 Å². The fourth-order valence-electron chi connectivity index (χ4n) is 2.99. The Balaban J connectivity index is 1.28. The lowest BCUT2D eigenvalue weighted by atomic mass is 10.2. The molecule has 35 heavy (non-hydrogen) atoms. The summed E-state index contributed by atoms with van der Waals surface area (Å²) in [6.45, 7) is 0.405. The molecule has 0 heterocycles. The smallest absolute Gasteiger partial charge is 0.158 e. The summed E-state index contributed by atoms with van der Waals surface area (Å²) in [5.41, 5.74) is 3.38. The average molecular weight is 466 g/mol. The zero-order valence-corrected chi connectivity index (χ0v) is 18.8. The number of hydrogen-bond acceptors (Lipinski definition) is 7. The Kier molecular flexibility index (Phi) is 8.21. The van der Waals surface area contributed by atoms with Crippen LogP contribution in [0, 0.1) is 0 Å². The van der Waals surface area contributed by atoms with Gasteiger partial charge < -0.3 is 19.6 Å². The van der Waals surface area contributed by atoms with Gasteiger partial charge in [-0.1, -0.05) is 82.2 Å². The highest BCUT2D eigenvalue weighted by Gasteiger charge is 1.98. The zero-order chi connectivity index (χ0) is 24.1. The monoisotopic (exact) mass is 465 g/mol. The molecule has 7 heteroatoms. The summed E-state index contributed by atoms with van der Waals surface area (Å²) in [6, 6.07) is 31.2. The van der Waals surface area contributed by atoms with Crippen molar-refractivity contribution in [1.29, 1.82) is 0 Å². The molecule has 0 atom stereocenters. The van der Waals surface area contributed by atoms with Gasteiger partial charge in [0.15, 0.2) is 11.5 Å². The van der Waals surface area contributed by atoms with E-state index < -0.39 is 0 Å². The second-order valence-electron chi connectivity index (χ2n) is 7.39. The van der Waals surface area contributed by atoms with E-state index in [0.717, 1.165) is 22.3 Å². The third-order valence-corrected chi connectivity index (χ3v) is 4.66. The summed E-state index contributed by atoms with van der Waals surface area (Å²) in [5.74, 6) is 1.27. The number of phenols is 1. The van der Waals surface area contributed by atoms with Crippen molar-refractivity contribution in [2.45, 2.75) is 6.61 Å². The van der Waals surface area contributed by atoms with Gasteiger partial charge in [0.1, 0.15) is 12.4 Å². The average Bonchev–Trinajstić information content (AvgIpc) is 2.88. The maximum Gasteiger partial charge on any atom is 0.158 e. The molecule has 0 spiro atoms. The number of aromatic hydroxyl groups is 1. The predicted octanol–water partition coefficient (Wildman–Crippen LogP) is 5.77. The minimum atomic E-state index is 0.168. The number of hydrogen-bond donors (Lipinski definition) is 1. The third kappa shape index (κ3) is 7.87. The van der Waals surface area contributed by atoms with Crippen molar-refractivity contribution in [2.24, 2.45) is 15.5 Å². The molecule has 0 amide bonds. The summed E-state index contributed by atoms with van der Waals surface area (Å²) in [5, 5.41) is 21.5. The number of nitrogens with zero attached hydrogens (tertiary/aromatic N) is 3. The first-order valence-electron chi connectivity index (χ1n) is 10.8. The standard InChI is InChI=1S/C28H23N3O4/c32-26-12-4-9-23(15-26)19-30-34-28-14-6-11-25(17-28)20-31-35-27-13-5-10-24(16-27)18-29-33-21-22-7-2-1-3-8-22/h1-20,32H,21H2/b29-18+,30-19+,31-20+. The van der Waals surface area contributed by atoms with Crippen LogP contribution in [0.3, 0.4) is 0 Å². The molecule has 0 fully saturated rings. The quantitative estimate of drug-likeness (QED) is 0.238. The van der Waals surface area contributed by atoms with Gasteiger partial charge in [-0.2, -0.15) is 0 Å². The van der Waals surface area contributed by atoms with Crippen LogP contribution < -0.4 is 9.68 Å². The molecule has 0 aromatic heterocycles. The SMILES string of the molecule is Oc1cccc(/C=N/Oc2cccc(/C=N/Oc3cccc(/C=N/OCc4ccccc4)c3)c2)c1. The van der Waals surface area contributed by atoms with E-state index in [1.165, 1.54) is 6.21 Å². The van der Waals surface area contributed by atoms with Crippen LogP contribution >= 0.6 is 0 Å². The van der Waals surface area contributed by atoms with Crippen LogP contribution in [-0.4, -0.2) is 23.8 Å². The zero-order valence-electron chi connectivity index (χ0n) is 18.8. The highest BCUT2D eigenvalue weighted by molar-refractivity contribution is 5.81. The lowest BCUT2D eigenvalue weighted by Crippen LogP contribution is -1.91. The lowest BCUT2D eigenvalue weighted by Gasteiger charge is -2.02. The van der Waals surface area contributed by atoms with Crippen molar-refractivity contribution in [3.63, 3.8) is 0 Å². The molecule has 4 aromatic carbocycles. The second kappa shape index (κ2) is 12.4. The molecule has 0 saturated carbocycles. The van der Waals surface area contributed by atoms with Gasteiger partial charge in [0.25, 0.3) is 0 Å². The summed E-state index contributed by atoms with van der Waals surface area (Å²) >= 11 is 0.